The molecule has 0 radical (unpaired) electrons. The Hall–Kier alpha value is -0.130. The van der Waals surface area contributed by atoms with E-state index < -0.39 is 15.4 Å². The van der Waals surface area contributed by atoms with Crippen molar-refractivity contribution in [3.8, 4) is 0 Å². The molecule has 1 N–H and O–H groups in total. The smallest absolute Gasteiger partial charge is 0.153 e. The average Bonchev–Trinajstić information content (AvgIpc) is 2.44. The van der Waals surface area contributed by atoms with Crippen LogP contribution in [0, 0.1) is 5.92 Å². The summed E-state index contributed by atoms with van der Waals surface area (Å²) in [6.45, 7) is 1.29. The summed E-state index contributed by atoms with van der Waals surface area (Å²) < 4.78 is 27.8. The average molecular weight is 220 g/mol. The van der Waals surface area contributed by atoms with E-state index in [0.717, 1.165) is 12.8 Å². The fraction of sp³-hybridized carbons (Fsp3) is 1.00. The van der Waals surface area contributed by atoms with Gasteiger partial charge in [-0.1, -0.05) is 0 Å². The van der Waals surface area contributed by atoms with E-state index in [0.29, 0.717) is 19.6 Å². The van der Waals surface area contributed by atoms with E-state index in [1.54, 1.807) is 0 Å². The lowest BCUT2D eigenvalue weighted by Crippen LogP contribution is -2.42. The Balaban J connectivity index is 2.09. The number of aliphatic hydroxyl groups is 1. The number of ether oxygens (including phenoxy) is 1. The second-order valence-corrected chi connectivity index (χ2v) is 6.52. The molecule has 4 nitrogen and oxygen atoms in total. The molecular formula is C9H16O4S. The second kappa shape index (κ2) is 3.47. The monoisotopic (exact) mass is 220 g/mol. The Morgan fingerprint density at radius 3 is 2.43 bits per heavy atom. The van der Waals surface area contributed by atoms with Crippen LogP contribution in [0.25, 0.3) is 0 Å². The van der Waals surface area contributed by atoms with Crippen LogP contribution in [-0.2, 0) is 14.6 Å². The van der Waals surface area contributed by atoms with Gasteiger partial charge in [-0.15, -0.1) is 0 Å². The van der Waals surface area contributed by atoms with Crippen molar-refractivity contribution < 1.29 is 18.3 Å². The fourth-order valence-corrected chi connectivity index (χ4v) is 4.36. The quantitative estimate of drug-likeness (QED) is 0.673. The Morgan fingerprint density at radius 1 is 1.29 bits per heavy atom. The third-order valence-corrected chi connectivity index (χ3v) is 5.06. The summed E-state index contributed by atoms with van der Waals surface area (Å²) in [5.74, 6) is 0.194. The highest BCUT2D eigenvalue weighted by atomic mass is 32.2. The molecule has 0 aliphatic carbocycles. The van der Waals surface area contributed by atoms with E-state index >= 15 is 0 Å². The van der Waals surface area contributed by atoms with E-state index in [9.17, 15) is 13.5 Å². The van der Waals surface area contributed by atoms with Crippen LogP contribution in [0.15, 0.2) is 0 Å². The molecule has 2 aliphatic rings. The van der Waals surface area contributed by atoms with Crippen LogP contribution in [0.1, 0.15) is 19.3 Å². The first-order chi connectivity index (χ1) is 6.52. The summed E-state index contributed by atoms with van der Waals surface area (Å²) in [4.78, 5) is 0. The molecule has 0 amide bonds. The van der Waals surface area contributed by atoms with Crippen molar-refractivity contribution in [1.82, 2.24) is 0 Å². The molecular weight excluding hydrogens is 204 g/mol. The van der Waals surface area contributed by atoms with E-state index in [1.165, 1.54) is 0 Å². The molecule has 14 heavy (non-hydrogen) atoms. The normalized spacial score (nSPS) is 38.6. The molecule has 0 spiro atoms. The van der Waals surface area contributed by atoms with Gasteiger partial charge >= 0.3 is 0 Å². The van der Waals surface area contributed by atoms with Crippen LogP contribution in [0.5, 0.6) is 0 Å². The van der Waals surface area contributed by atoms with Gasteiger partial charge < -0.3 is 9.84 Å². The molecule has 1 atom stereocenters. The molecule has 82 valence electrons. The largest absolute Gasteiger partial charge is 0.389 e. The minimum atomic E-state index is -2.99. The summed E-state index contributed by atoms with van der Waals surface area (Å²) in [6, 6.07) is 0. The Labute approximate surface area is 84.2 Å². The van der Waals surface area contributed by atoms with Gasteiger partial charge in [-0.3, -0.25) is 0 Å². The maximum Gasteiger partial charge on any atom is 0.153 e. The van der Waals surface area contributed by atoms with Crippen molar-refractivity contribution in [3.63, 3.8) is 0 Å². The van der Waals surface area contributed by atoms with E-state index in [1.807, 2.05) is 0 Å². The molecule has 0 aromatic carbocycles. The van der Waals surface area contributed by atoms with Crippen LogP contribution in [0.4, 0.5) is 0 Å². The van der Waals surface area contributed by atoms with E-state index in [-0.39, 0.29) is 17.4 Å². The summed E-state index contributed by atoms with van der Waals surface area (Å²) >= 11 is 0. The van der Waals surface area contributed by atoms with Gasteiger partial charge in [-0.2, -0.15) is 0 Å². The Morgan fingerprint density at radius 2 is 1.93 bits per heavy atom. The van der Waals surface area contributed by atoms with Crippen LogP contribution in [-0.4, -0.2) is 43.8 Å². The third kappa shape index (κ3) is 1.94. The van der Waals surface area contributed by atoms with Crippen molar-refractivity contribution in [2.24, 2.45) is 5.92 Å². The number of rotatable bonds is 1. The highest BCUT2D eigenvalue weighted by Gasteiger charge is 2.46. The summed E-state index contributed by atoms with van der Waals surface area (Å²) in [5.41, 5.74) is -0.970. The van der Waals surface area contributed by atoms with Crippen molar-refractivity contribution in [1.29, 1.82) is 0 Å². The minimum absolute atomic E-state index is 0.0509. The molecule has 2 aliphatic heterocycles. The standard InChI is InChI=1S/C9H16O4S/c10-9(3-6-14(11,12)7-9)8-1-4-13-5-2-8/h8,10H,1-7H2. The van der Waals surface area contributed by atoms with E-state index in [4.69, 9.17) is 4.74 Å². The molecule has 2 fully saturated rings. The van der Waals surface area contributed by atoms with Crippen LogP contribution >= 0.6 is 0 Å². The van der Waals surface area contributed by atoms with Gasteiger partial charge in [0.05, 0.1) is 17.1 Å². The Kier molecular flexibility index (Phi) is 2.57. The van der Waals surface area contributed by atoms with Gasteiger partial charge in [0.25, 0.3) is 0 Å². The fourth-order valence-electron chi connectivity index (χ4n) is 2.41. The van der Waals surface area contributed by atoms with Gasteiger partial charge in [0, 0.05) is 13.2 Å². The number of sulfone groups is 1. The number of hydrogen-bond acceptors (Lipinski definition) is 4. The first-order valence-corrected chi connectivity index (χ1v) is 6.85. The molecule has 0 bridgehead atoms. The lowest BCUT2D eigenvalue weighted by molar-refractivity contribution is -0.0484. The van der Waals surface area contributed by atoms with Gasteiger partial charge in [-0.05, 0) is 25.2 Å². The molecule has 0 aromatic heterocycles. The molecule has 0 aromatic rings. The molecule has 0 saturated carbocycles. The van der Waals surface area contributed by atoms with Crippen molar-refractivity contribution in [3.05, 3.63) is 0 Å². The summed E-state index contributed by atoms with van der Waals surface area (Å²) in [5, 5.41) is 10.2. The van der Waals surface area contributed by atoms with E-state index in [2.05, 4.69) is 0 Å². The van der Waals surface area contributed by atoms with Crippen LogP contribution in [0.3, 0.4) is 0 Å². The highest BCUT2D eigenvalue weighted by molar-refractivity contribution is 7.91. The molecule has 2 heterocycles. The molecule has 1 unspecified atom stereocenters. The lowest BCUT2D eigenvalue weighted by Gasteiger charge is -2.34. The molecule has 2 rings (SSSR count). The SMILES string of the molecule is O=S1(=O)CCC(O)(C2CCOCC2)C1. The van der Waals surface area contributed by atoms with Crippen molar-refractivity contribution >= 4 is 9.84 Å². The maximum absolute atomic E-state index is 11.3. The molecule has 5 heteroatoms. The van der Waals surface area contributed by atoms with Gasteiger partial charge in [0.1, 0.15) is 0 Å². The topological polar surface area (TPSA) is 63.6 Å². The third-order valence-electron chi connectivity index (χ3n) is 3.30. The van der Waals surface area contributed by atoms with Gasteiger partial charge in [0.2, 0.25) is 0 Å². The van der Waals surface area contributed by atoms with Crippen molar-refractivity contribution in [2.45, 2.75) is 24.9 Å². The zero-order valence-electron chi connectivity index (χ0n) is 8.11. The second-order valence-electron chi connectivity index (χ2n) is 4.33. The van der Waals surface area contributed by atoms with Gasteiger partial charge in [0.15, 0.2) is 9.84 Å². The molecule has 2 saturated heterocycles. The van der Waals surface area contributed by atoms with Gasteiger partial charge in [-0.25, -0.2) is 8.42 Å². The zero-order valence-corrected chi connectivity index (χ0v) is 8.92. The zero-order chi connectivity index (χ0) is 10.2. The minimum Gasteiger partial charge on any atom is -0.389 e. The Bertz CT molecular complexity index is 305. The van der Waals surface area contributed by atoms with Crippen LogP contribution < -0.4 is 0 Å². The lowest BCUT2D eigenvalue weighted by atomic mass is 9.81. The predicted octanol–water partition coefficient (Wildman–Crippen LogP) is -0.0374. The van der Waals surface area contributed by atoms with Crippen molar-refractivity contribution in [2.75, 3.05) is 24.7 Å². The maximum atomic E-state index is 11.3. The predicted molar refractivity (Wildman–Crippen MR) is 51.8 cm³/mol. The van der Waals surface area contributed by atoms with Crippen LogP contribution in [0.2, 0.25) is 0 Å². The summed E-state index contributed by atoms with van der Waals surface area (Å²) in [7, 11) is -2.99. The summed E-state index contributed by atoms with van der Waals surface area (Å²) in [6.07, 6.45) is 1.97. The highest BCUT2D eigenvalue weighted by Crippen LogP contribution is 2.36. The number of hydrogen-bond donors (Lipinski definition) is 1. The first kappa shape index (κ1) is 10.4. The first-order valence-electron chi connectivity index (χ1n) is 5.02.